The molecule has 0 radical (unpaired) electrons. The van der Waals surface area contributed by atoms with Crippen molar-refractivity contribution >= 4 is 15.9 Å². The summed E-state index contributed by atoms with van der Waals surface area (Å²) >= 11 is 0. The second-order valence-corrected chi connectivity index (χ2v) is 11.1. The highest BCUT2D eigenvalue weighted by Gasteiger charge is 2.57. The topological polar surface area (TPSA) is 90.3 Å². The Kier molecular flexibility index (Phi) is 6.93. The third-order valence-corrected chi connectivity index (χ3v) is 8.15. The molecule has 0 unspecified atom stereocenters. The molecule has 186 valence electrons. The highest BCUT2D eigenvalue weighted by atomic mass is 32.2. The normalized spacial score (nSPS) is 22.1. The van der Waals surface area contributed by atoms with Gasteiger partial charge in [-0.3, -0.25) is 4.79 Å². The largest absolute Gasteiger partial charge is 0.350 e. The van der Waals surface area contributed by atoms with Crippen LogP contribution in [0.2, 0.25) is 0 Å². The van der Waals surface area contributed by atoms with Gasteiger partial charge in [0, 0.05) is 29.6 Å². The molecule has 10 heteroatoms. The van der Waals surface area contributed by atoms with E-state index in [1.54, 1.807) is 42.5 Å². The van der Waals surface area contributed by atoms with E-state index in [-0.39, 0.29) is 19.4 Å². The molecule has 4 rings (SSSR count). The molecule has 1 N–H and O–H groups in total. The predicted molar refractivity (Wildman–Crippen MR) is 124 cm³/mol. The number of carbonyl (C=O) groups is 1. The van der Waals surface area contributed by atoms with Crippen molar-refractivity contribution in [2.24, 2.45) is 11.3 Å². The molecule has 1 spiro atoms. The van der Waals surface area contributed by atoms with Crippen molar-refractivity contribution in [3.8, 4) is 17.2 Å². The number of sulfonamides is 1. The standard InChI is InChI=1S/C25H26F3N3O3S/c1-16(14-29)23(32)31-15-25(10-11-25)21(30-35(33,34)24(27)28)13-19(31)12-18-8-5-9-20(22(18)26)17-6-3-2-4-7-17/h2-9,16,19,21,24,30H,10-13,15H2,1H3/t16-,19+,21-/m1/s1. The van der Waals surface area contributed by atoms with Gasteiger partial charge < -0.3 is 4.90 Å². The van der Waals surface area contributed by atoms with Gasteiger partial charge >= 0.3 is 5.76 Å². The van der Waals surface area contributed by atoms with E-state index in [1.807, 2.05) is 12.1 Å². The fraction of sp³-hybridized carbons (Fsp3) is 0.440. The van der Waals surface area contributed by atoms with Crippen LogP contribution in [0.25, 0.3) is 11.1 Å². The Morgan fingerprint density at radius 2 is 1.89 bits per heavy atom. The Morgan fingerprint density at radius 3 is 2.49 bits per heavy atom. The minimum atomic E-state index is -4.85. The first-order valence-electron chi connectivity index (χ1n) is 11.4. The van der Waals surface area contributed by atoms with Gasteiger partial charge in [0.2, 0.25) is 5.91 Å². The van der Waals surface area contributed by atoms with Crippen molar-refractivity contribution in [2.75, 3.05) is 6.54 Å². The number of hydrogen-bond donors (Lipinski definition) is 1. The van der Waals surface area contributed by atoms with Gasteiger partial charge in [-0.1, -0.05) is 48.5 Å². The molecule has 2 aromatic carbocycles. The molecule has 0 bridgehead atoms. The highest BCUT2D eigenvalue weighted by Crippen LogP contribution is 2.54. The summed E-state index contributed by atoms with van der Waals surface area (Å²) in [7, 11) is -4.85. The van der Waals surface area contributed by atoms with Crippen LogP contribution >= 0.6 is 0 Å². The van der Waals surface area contributed by atoms with Gasteiger partial charge in [0.15, 0.2) is 0 Å². The maximum Gasteiger partial charge on any atom is 0.350 e. The minimum absolute atomic E-state index is 0.0465. The van der Waals surface area contributed by atoms with E-state index in [0.29, 0.717) is 29.5 Å². The second kappa shape index (κ2) is 9.63. The molecule has 2 fully saturated rings. The van der Waals surface area contributed by atoms with Crippen molar-refractivity contribution in [1.29, 1.82) is 5.26 Å². The van der Waals surface area contributed by atoms with Crippen LogP contribution in [0.4, 0.5) is 13.2 Å². The summed E-state index contributed by atoms with van der Waals surface area (Å²) in [6.07, 6.45) is 1.24. The maximum atomic E-state index is 15.5. The molecule has 1 aliphatic carbocycles. The van der Waals surface area contributed by atoms with Crippen molar-refractivity contribution in [3.05, 3.63) is 59.9 Å². The van der Waals surface area contributed by atoms with Gasteiger partial charge in [0.05, 0.1) is 6.07 Å². The number of nitrogens with one attached hydrogen (secondary N) is 1. The third kappa shape index (κ3) is 5.07. The monoisotopic (exact) mass is 505 g/mol. The van der Waals surface area contributed by atoms with Gasteiger partial charge in [0.1, 0.15) is 11.7 Å². The van der Waals surface area contributed by atoms with Gasteiger partial charge in [-0.05, 0) is 43.7 Å². The Bertz CT molecular complexity index is 1240. The lowest BCUT2D eigenvalue weighted by molar-refractivity contribution is -0.139. The van der Waals surface area contributed by atoms with Crippen LogP contribution < -0.4 is 4.72 Å². The molecule has 3 atom stereocenters. The number of likely N-dealkylation sites (tertiary alicyclic amines) is 1. The van der Waals surface area contributed by atoms with E-state index in [1.165, 1.54) is 11.8 Å². The van der Waals surface area contributed by atoms with E-state index >= 15 is 4.39 Å². The summed E-state index contributed by atoms with van der Waals surface area (Å²) in [6.45, 7) is 1.60. The summed E-state index contributed by atoms with van der Waals surface area (Å²) in [6, 6.07) is 14.3. The number of nitrogens with zero attached hydrogens (tertiary/aromatic N) is 2. The molecule has 0 aromatic heterocycles. The van der Waals surface area contributed by atoms with Crippen molar-refractivity contribution in [3.63, 3.8) is 0 Å². The second-order valence-electron chi connectivity index (χ2n) is 9.39. The van der Waals surface area contributed by atoms with Gasteiger partial charge in [0.25, 0.3) is 10.0 Å². The van der Waals surface area contributed by atoms with E-state index in [0.717, 1.165) is 0 Å². The van der Waals surface area contributed by atoms with E-state index in [2.05, 4.69) is 4.72 Å². The summed E-state index contributed by atoms with van der Waals surface area (Å²) in [5.74, 6) is -5.41. The van der Waals surface area contributed by atoms with Gasteiger partial charge in [-0.15, -0.1) is 0 Å². The molecule has 2 aliphatic rings. The fourth-order valence-corrected chi connectivity index (χ4v) is 5.75. The van der Waals surface area contributed by atoms with E-state index in [9.17, 15) is 27.3 Å². The average Bonchev–Trinajstić information content (AvgIpc) is 3.62. The third-order valence-electron chi connectivity index (χ3n) is 7.07. The Balaban J connectivity index is 1.67. The number of hydrogen-bond acceptors (Lipinski definition) is 4. The molecule has 2 aromatic rings. The smallest absolute Gasteiger partial charge is 0.338 e. The maximum absolute atomic E-state index is 15.5. The lowest BCUT2D eigenvalue weighted by Crippen LogP contribution is -2.59. The van der Waals surface area contributed by atoms with Crippen LogP contribution in [0.3, 0.4) is 0 Å². The molecule has 1 amide bonds. The number of alkyl halides is 2. The van der Waals surface area contributed by atoms with Crippen LogP contribution in [0, 0.1) is 28.5 Å². The van der Waals surface area contributed by atoms with Gasteiger partial charge in [-0.25, -0.2) is 17.5 Å². The van der Waals surface area contributed by atoms with Crippen molar-refractivity contribution in [2.45, 2.75) is 50.4 Å². The number of halogens is 3. The molecule has 6 nitrogen and oxygen atoms in total. The molecule has 1 heterocycles. The fourth-order valence-electron chi connectivity index (χ4n) is 4.91. The number of amides is 1. The molecule has 35 heavy (non-hydrogen) atoms. The van der Waals surface area contributed by atoms with Crippen molar-refractivity contribution < 1.29 is 26.4 Å². The van der Waals surface area contributed by atoms with E-state index < -0.39 is 50.9 Å². The predicted octanol–water partition coefficient (Wildman–Crippen LogP) is 4.09. The number of piperidine rings is 1. The van der Waals surface area contributed by atoms with E-state index in [4.69, 9.17) is 0 Å². The number of carbonyl (C=O) groups excluding carboxylic acids is 1. The minimum Gasteiger partial charge on any atom is -0.338 e. The molecule has 1 aliphatic heterocycles. The van der Waals surface area contributed by atoms with Crippen LogP contribution in [0.1, 0.15) is 31.7 Å². The first-order valence-corrected chi connectivity index (χ1v) is 12.9. The SMILES string of the molecule is C[C@H](C#N)C(=O)N1CC2(CC2)[C@H](NS(=O)(=O)C(F)F)C[C@@H]1Cc1cccc(-c2ccccc2)c1F. The highest BCUT2D eigenvalue weighted by molar-refractivity contribution is 7.89. The summed E-state index contributed by atoms with van der Waals surface area (Å²) in [5, 5.41) is 9.30. The summed E-state index contributed by atoms with van der Waals surface area (Å²) in [4.78, 5) is 14.6. The summed E-state index contributed by atoms with van der Waals surface area (Å²) < 4.78 is 67.8. The number of rotatable bonds is 7. The Hall–Kier alpha value is -2.90. The Labute approximate surface area is 202 Å². The average molecular weight is 506 g/mol. The zero-order valence-electron chi connectivity index (χ0n) is 19.1. The lowest BCUT2D eigenvalue weighted by atomic mass is 9.82. The van der Waals surface area contributed by atoms with Gasteiger partial charge in [-0.2, -0.15) is 14.0 Å². The van der Waals surface area contributed by atoms with Crippen LogP contribution in [0.5, 0.6) is 0 Å². The molecule has 1 saturated heterocycles. The van der Waals surface area contributed by atoms with Crippen LogP contribution in [-0.2, 0) is 21.2 Å². The number of benzene rings is 2. The number of nitriles is 1. The molecular formula is C25H26F3N3O3S. The van der Waals surface area contributed by atoms with Crippen molar-refractivity contribution in [1.82, 2.24) is 9.62 Å². The zero-order valence-corrected chi connectivity index (χ0v) is 19.9. The quantitative estimate of drug-likeness (QED) is 0.614. The first-order chi connectivity index (χ1) is 16.6. The zero-order chi connectivity index (χ0) is 25.4. The lowest BCUT2D eigenvalue weighted by Gasteiger charge is -2.45. The summed E-state index contributed by atoms with van der Waals surface area (Å²) in [5.41, 5.74) is 0.728. The first kappa shape index (κ1) is 25.2. The van der Waals surface area contributed by atoms with Crippen LogP contribution in [0.15, 0.2) is 48.5 Å². The Morgan fingerprint density at radius 1 is 1.20 bits per heavy atom. The molecule has 1 saturated carbocycles. The molecular weight excluding hydrogens is 479 g/mol. The van der Waals surface area contributed by atoms with Crippen LogP contribution in [-0.4, -0.2) is 43.6 Å².